The molecule has 2 N–H and O–H groups in total. The largest absolute Gasteiger partial charge is 0.411 e. The zero-order valence-corrected chi connectivity index (χ0v) is 10.8. The lowest BCUT2D eigenvalue weighted by Gasteiger charge is -2.32. The number of benzene rings is 1. The Labute approximate surface area is 112 Å². The van der Waals surface area contributed by atoms with Gasteiger partial charge < -0.3 is 15.3 Å². The van der Waals surface area contributed by atoms with E-state index in [1.807, 2.05) is 11.0 Å². The highest BCUT2D eigenvalue weighted by molar-refractivity contribution is 6.28. The van der Waals surface area contributed by atoms with Gasteiger partial charge in [0.25, 0.3) is 0 Å². The molecule has 1 saturated heterocycles. The normalized spacial score (nSPS) is 18.1. The molecule has 1 fully saturated rings. The first-order valence-corrected chi connectivity index (χ1v) is 6.52. The molecule has 0 spiro atoms. The van der Waals surface area contributed by atoms with Crippen LogP contribution in [0, 0.1) is 5.92 Å². The molecule has 5 nitrogen and oxygen atoms in total. The van der Waals surface area contributed by atoms with Gasteiger partial charge in [0.1, 0.15) is 6.21 Å². The summed E-state index contributed by atoms with van der Waals surface area (Å²) in [4.78, 5) is 1.93. The number of rotatable bonds is 3. The van der Waals surface area contributed by atoms with Crippen molar-refractivity contribution < 1.29 is 10.4 Å². The highest BCUT2D eigenvalue weighted by Crippen LogP contribution is 2.21. The Bertz CT molecular complexity index is 437. The Morgan fingerprint density at radius 3 is 2.47 bits per heavy atom. The number of oxime groups is 2. The Kier molecular flexibility index (Phi) is 4.78. The van der Waals surface area contributed by atoms with Gasteiger partial charge in [-0.1, -0.05) is 40.6 Å². The minimum atomic E-state index is 0.320. The van der Waals surface area contributed by atoms with Crippen molar-refractivity contribution in [2.75, 3.05) is 13.1 Å². The third-order valence-electron chi connectivity index (χ3n) is 3.58. The molecule has 0 aromatic heterocycles. The second kappa shape index (κ2) is 6.78. The summed E-state index contributed by atoms with van der Waals surface area (Å²) in [5.74, 6) is 0.977. The van der Waals surface area contributed by atoms with Crippen LogP contribution in [0.2, 0.25) is 0 Å². The summed E-state index contributed by atoms with van der Waals surface area (Å²) in [7, 11) is 0. The molecule has 0 atom stereocenters. The van der Waals surface area contributed by atoms with E-state index in [1.54, 1.807) is 0 Å². The van der Waals surface area contributed by atoms with E-state index in [1.165, 1.54) is 5.56 Å². The van der Waals surface area contributed by atoms with Gasteiger partial charge >= 0.3 is 0 Å². The predicted octanol–water partition coefficient (Wildman–Crippen LogP) is 2.19. The van der Waals surface area contributed by atoms with E-state index in [-0.39, 0.29) is 0 Å². The van der Waals surface area contributed by atoms with Crippen molar-refractivity contribution in [2.24, 2.45) is 16.2 Å². The molecule has 5 heteroatoms. The molecule has 0 unspecified atom stereocenters. The molecule has 102 valence electrons. The van der Waals surface area contributed by atoms with Gasteiger partial charge in [-0.3, -0.25) is 0 Å². The van der Waals surface area contributed by atoms with Crippen molar-refractivity contribution in [2.45, 2.75) is 19.3 Å². The molecule has 19 heavy (non-hydrogen) atoms. The van der Waals surface area contributed by atoms with Crippen molar-refractivity contribution in [1.29, 1.82) is 0 Å². The minimum absolute atomic E-state index is 0.320. The Morgan fingerprint density at radius 1 is 1.21 bits per heavy atom. The van der Waals surface area contributed by atoms with Gasteiger partial charge in [-0.05, 0) is 30.7 Å². The second-order valence-corrected chi connectivity index (χ2v) is 4.82. The van der Waals surface area contributed by atoms with Gasteiger partial charge in [-0.15, -0.1) is 0 Å². The van der Waals surface area contributed by atoms with Gasteiger partial charge in [-0.2, -0.15) is 0 Å². The molecule has 0 saturated carbocycles. The SMILES string of the molecule is O/N=C/C(=N\O)N1CCC(Cc2ccccc2)CC1. The summed E-state index contributed by atoms with van der Waals surface area (Å²) in [5, 5.41) is 23.4. The van der Waals surface area contributed by atoms with E-state index >= 15 is 0 Å². The molecule has 0 bridgehead atoms. The van der Waals surface area contributed by atoms with E-state index < -0.39 is 0 Å². The Hall–Kier alpha value is -2.04. The van der Waals surface area contributed by atoms with Gasteiger partial charge in [0.15, 0.2) is 5.84 Å². The van der Waals surface area contributed by atoms with E-state index in [0.29, 0.717) is 11.8 Å². The van der Waals surface area contributed by atoms with E-state index in [9.17, 15) is 0 Å². The predicted molar refractivity (Wildman–Crippen MR) is 73.9 cm³/mol. The molecule has 1 aromatic rings. The fourth-order valence-electron chi connectivity index (χ4n) is 2.54. The summed E-state index contributed by atoms with van der Waals surface area (Å²) in [5.41, 5.74) is 1.37. The number of hydrogen-bond acceptors (Lipinski definition) is 4. The summed E-state index contributed by atoms with van der Waals surface area (Å²) >= 11 is 0. The molecule has 2 rings (SSSR count). The summed E-state index contributed by atoms with van der Waals surface area (Å²) in [6, 6.07) is 10.5. The lowest BCUT2D eigenvalue weighted by molar-refractivity contribution is 0.249. The van der Waals surface area contributed by atoms with Crippen LogP contribution in [0.25, 0.3) is 0 Å². The minimum Gasteiger partial charge on any atom is -0.411 e. The number of hydrogen-bond donors (Lipinski definition) is 2. The Morgan fingerprint density at radius 2 is 1.89 bits per heavy atom. The fourth-order valence-corrected chi connectivity index (χ4v) is 2.54. The third-order valence-corrected chi connectivity index (χ3v) is 3.58. The number of amidine groups is 1. The van der Waals surface area contributed by atoms with Gasteiger partial charge in [0.2, 0.25) is 0 Å². The van der Waals surface area contributed by atoms with Crippen LogP contribution in [-0.2, 0) is 6.42 Å². The maximum Gasteiger partial charge on any atom is 0.189 e. The molecular weight excluding hydrogens is 242 g/mol. The first-order chi connectivity index (χ1) is 9.33. The maximum atomic E-state index is 8.85. The average molecular weight is 261 g/mol. The van der Waals surface area contributed by atoms with E-state index in [2.05, 4.69) is 34.6 Å². The van der Waals surface area contributed by atoms with Crippen LogP contribution in [-0.4, -0.2) is 40.5 Å². The van der Waals surface area contributed by atoms with Crippen molar-refractivity contribution in [3.63, 3.8) is 0 Å². The molecule has 1 aliphatic rings. The standard InChI is InChI=1S/C14H19N3O2/c18-15-11-14(16-19)17-8-6-13(7-9-17)10-12-4-2-1-3-5-12/h1-5,11,13,18-19H,6-10H2/b15-11+,16-14+. The van der Waals surface area contributed by atoms with Crippen molar-refractivity contribution in [1.82, 2.24) is 4.90 Å². The van der Waals surface area contributed by atoms with Gasteiger partial charge in [0.05, 0.1) is 0 Å². The zero-order chi connectivity index (χ0) is 13.5. The highest BCUT2D eigenvalue weighted by atomic mass is 16.4. The van der Waals surface area contributed by atoms with Crippen molar-refractivity contribution >= 4 is 12.1 Å². The molecule has 1 aromatic carbocycles. The molecule has 0 aliphatic carbocycles. The monoisotopic (exact) mass is 261 g/mol. The van der Waals surface area contributed by atoms with Crippen LogP contribution < -0.4 is 0 Å². The molecule has 0 amide bonds. The van der Waals surface area contributed by atoms with Gasteiger partial charge in [0, 0.05) is 13.1 Å². The summed E-state index contributed by atoms with van der Waals surface area (Å²) in [6.45, 7) is 1.64. The van der Waals surface area contributed by atoms with E-state index in [4.69, 9.17) is 10.4 Å². The van der Waals surface area contributed by atoms with Crippen LogP contribution in [0.3, 0.4) is 0 Å². The van der Waals surface area contributed by atoms with Crippen molar-refractivity contribution in [3.05, 3.63) is 35.9 Å². The molecule has 1 aliphatic heterocycles. The second-order valence-electron chi connectivity index (χ2n) is 4.82. The molecule has 1 heterocycles. The number of piperidine rings is 1. The fraction of sp³-hybridized carbons (Fsp3) is 0.429. The van der Waals surface area contributed by atoms with Crippen LogP contribution in [0.5, 0.6) is 0 Å². The van der Waals surface area contributed by atoms with Crippen LogP contribution in [0.15, 0.2) is 40.6 Å². The van der Waals surface area contributed by atoms with Crippen LogP contribution >= 0.6 is 0 Å². The smallest absolute Gasteiger partial charge is 0.189 e. The van der Waals surface area contributed by atoms with Crippen molar-refractivity contribution in [3.8, 4) is 0 Å². The molecule has 0 radical (unpaired) electrons. The molecular formula is C14H19N3O2. The average Bonchev–Trinajstić information content (AvgIpc) is 2.47. The lowest BCUT2D eigenvalue weighted by atomic mass is 9.90. The van der Waals surface area contributed by atoms with Crippen LogP contribution in [0.1, 0.15) is 18.4 Å². The van der Waals surface area contributed by atoms with E-state index in [0.717, 1.165) is 38.6 Å². The first-order valence-electron chi connectivity index (χ1n) is 6.52. The lowest BCUT2D eigenvalue weighted by Crippen LogP contribution is -2.39. The third kappa shape index (κ3) is 3.71. The number of nitrogens with zero attached hydrogens (tertiary/aromatic N) is 3. The maximum absolute atomic E-state index is 8.85. The summed E-state index contributed by atoms with van der Waals surface area (Å²) in [6.07, 6.45) is 4.35. The van der Waals surface area contributed by atoms with Crippen LogP contribution in [0.4, 0.5) is 0 Å². The highest BCUT2D eigenvalue weighted by Gasteiger charge is 2.21. The van der Waals surface area contributed by atoms with Gasteiger partial charge in [-0.25, -0.2) is 0 Å². The quantitative estimate of drug-likeness (QED) is 0.379. The summed E-state index contributed by atoms with van der Waals surface area (Å²) < 4.78 is 0. The topological polar surface area (TPSA) is 68.4 Å². The zero-order valence-electron chi connectivity index (χ0n) is 10.8. The Balaban J connectivity index is 1.86. The first kappa shape index (κ1) is 13.4. The number of likely N-dealkylation sites (tertiary alicyclic amines) is 1.